The van der Waals surface area contributed by atoms with Gasteiger partial charge in [0.1, 0.15) is 12.1 Å². The lowest BCUT2D eigenvalue weighted by atomic mass is 10.1. The summed E-state index contributed by atoms with van der Waals surface area (Å²) >= 11 is 0. The smallest absolute Gasteiger partial charge is 0.254 e. The van der Waals surface area contributed by atoms with Crippen molar-refractivity contribution in [1.82, 2.24) is 24.5 Å². The van der Waals surface area contributed by atoms with Gasteiger partial charge in [0.15, 0.2) is 0 Å². The van der Waals surface area contributed by atoms with Crippen LogP contribution >= 0.6 is 0 Å². The molecule has 0 spiro atoms. The van der Waals surface area contributed by atoms with E-state index in [1.165, 1.54) is 0 Å². The quantitative estimate of drug-likeness (QED) is 0.718. The first-order valence-corrected chi connectivity index (χ1v) is 7.27. The summed E-state index contributed by atoms with van der Waals surface area (Å²) in [6.45, 7) is 1.87. The molecular formula is C16H20N6. The normalized spacial score (nSPS) is 11.3. The molecule has 0 radical (unpaired) electrons. The molecule has 3 rings (SSSR count). The molecule has 6 heteroatoms. The third-order valence-corrected chi connectivity index (χ3v) is 3.58. The second-order valence-electron chi connectivity index (χ2n) is 5.56. The van der Waals surface area contributed by atoms with E-state index in [1.807, 2.05) is 18.2 Å². The maximum absolute atomic E-state index is 4.60. The Morgan fingerprint density at radius 1 is 1.05 bits per heavy atom. The molecule has 0 unspecified atom stereocenters. The lowest BCUT2D eigenvalue weighted by molar-refractivity contribution is 0.416. The zero-order chi connectivity index (χ0) is 15.5. The summed E-state index contributed by atoms with van der Waals surface area (Å²) in [6, 6.07) is 12.2. The minimum Gasteiger partial charge on any atom is -0.358 e. The number of benzene rings is 1. The molecule has 0 aliphatic rings. The first-order valence-electron chi connectivity index (χ1n) is 7.27. The molecule has 0 aliphatic heterocycles. The van der Waals surface area contributed by atoms with Crippen molar-refractivity contribution in [1.29, 1.82) is 0 Å². The molecule has 2 aromatic heterocycles. The zero-order valence-electron chi connectivity index (χ0n) is 13.1. The number of aromatic nitrogens is 4. The average Bonchev–Trinajstić information content (AvgIpc) is 3.01. The highest BCUT2D eigenvalue weighted by Crippen LogP contribution is 2.22. The van der Waals surface area contributed by atoms with Gasteiger partial charge in [0, 0.05) is 31.8 Å². The van der Waals surface area contributed by atoms with Gasteiger partial charge < -0.3 is 9.80 Å². The highest BCUT2D eigenvalue weighted by Gasteiger charge is 2.12. The van der Waals surface area contributed by atoms with Crippen LogP contribution in [0.4, 0.5) is 5.82 Å². The molecule has 1 aromatic carbocycles. The fraction of sp³-hybridized carbons (Fsp3) is 0.312. The maximum Gasteiger partial charge on any atom is 0.254 e. The van der Waals surface area contributed by atoms with Crippen LogP contribution in [0, 0.1) is 0 Å². The van der Waals surface area contributed by atoms with Gasteiger partial charge in [0.25, 0.3) is 5.78 Å². The molecule has 0 saturated carbocycles. The molecule has 0 bridgehead atoms. The Balaban J connectivity index is 2.03. The minimum atomic E-state index is 0.619. The van der Waals surface area contributed by atoms with E-state index in [1.54, 1.807) is 10.8 Å². The fourth-order valence-corrected chi connectivity index (χ4v) is 2.29. The molecule has 0 N–H and O–H groups in total. The standard InChI is InChI=1S/C16H20N6/c1-20(2)9-10-21(3)15-11-14(13-7-5-4-6-8-13)19-16-17-12-18-22(15)16/h4-8,11-12H,9-10H2,1-3H3. The van der Waals surface area contributed by atoms with Crippen LogP contribution in [0.5, 0.6) is 0 Å². The van der Waals surface area contributed by atoms with E-state index >= 15 is 0 Å². The third kappa shape index (κ3) is 2.92. The van der Waals surface area contributed by atoms with Crippen molar-refractivity contribution in [3.05, 3.63) is 42.7 Å². The van der Waals surface area contributed by atoms with E-state index in [2.05, 4.69) is 64.2 Å². The summed E-state index contributed by atoms with van der Waals surface area (Å²) in [7, 11) is 6.20. The van der Waals surface area contributed by atoms with Crippen molar-refractivity contribution in [3.63, 3.8) is 0 Å². The SMILES string of the molecule is CN(C)CCN(C)c1cc(-c2ccccc2)nc2ncnn12. The Kier molecular flexibility index (Phi) is 4.02. The summed E-state index contributed by atoms with van der Waals surface area (Å²) in [4.78, 5) is 13.2. The van der Waals surface area contributed by atoms with Crippen LogP contribution in [0.1, 0.15) is 0 Å². The predicted molar refractivity (Wildman–Crippen MR) is 88.0 cm³/mol. The minimum absolute atomic E-state index is 0.619. The number of anilines is 1. The molecule has 114 valence electrons. The number of hydrogen-bond acceptors (Lipinski definition) is 5. The molecule has 0 amide bonds. The van der Waals surface area contributed by atoms with Crippen molar-refractivity contribution in [2.24, 2.45) is 0 Å². The van der Waals surface area contributed by atoms with E-state index in [9.17, 15) is 0 Å². The second-order valence-corrected chi connectivity index (χ2v) is 5.56. The zero-order valence-corrected chi connectivity index (χ0v) is 13.1. The van der Waals surface area contributed by atoms with Crippen LogP contribution in [0.2, 0.25) is 0 Å². The summed E-state index contributed by atoms with van der Waals surface area (Å²) in [5.41, 5.74) is 1.99. The Morgan fingerprint density at radius 3 is 2.55 bits per heavy atom. The average molecular weight is 296 g/mol. The van der Waals surface area contributed by atoms with Gasteiger partial charge in [-0.3, -0.25) is 0 Å². The first kappa shape index (κ1) is 14.5. The Morgan fingerprint density at radius 2 is 1.82 bits per heavy atom. The number of nitrogens with zero attached hydrogens (tertiary/aromatic N) is 6. The van der Waals surface area contributed by atoms with Gasteiger partial charge >= 0.3 is 0 Å². The lowest BCUT2D eigenvalue weighted by Gasteiger charge is -2.22. The van der Waals surface area contributed by atoms with E-state index < -0.39 is 0 Å². The number of rotatable bonds is 5. The van der Waals surface area contributed by atoms with E-state index in [0.717, 1.165) is 30.2 Å². The van der Waals surface area contributed by atoms with E-state index in [0.29, 0.717) is 5.78 Å². The van der Waals surface area contributed by atoms with Gasteiger partial charge in [0.05, 0.1) is 5.69 Å². The molecular weight excluding hydrogens is 276 g/mol. The molecule has 3 aromatic rings. The number of fused-ring (bicyclic) bond motifs is 1. The molecule has 0 saturated heterocycles. The van der Waals surface area contributed by atoms with Crippen molar-refractivity contribution >= 4 is 11.6 Å². The molecule has 6 nitrogen and oxygen atoms in total. The molecule has 22 heavy (non-hydrogen) atoms. The molecule has 0 aliphatic carbocycles. The van der Waals surface area contributed by atoms with E-state index in [-0.39, 0.29) is 0 Å². The van der Waals surface area contributed by atoms with E-state index in [4.69, 9.17) is 0 Å². The monoisotopic (exact) mass is 296 g/mol. The van der Waals surface area contributed by atoms with Gasteiger partial charge in [-0.15, -0.1) is 0 Å². The van der Waals surface area contributed by atoms with Crippen LogP contribution in [0.25, 0.3) is 17.0 Å². The third-order valence-electron chi connectivity index (χ3n) is 3.58. The molecule has 0 atom stereocenters. The van der Waals surface area contributed by atoms with Crippen molar-refractivity contribution in [3.8, 4) is 11.3 Å². The van der Waals surface area contributed by atoms with Crippen molar-refractivity contribution < 1.29 is 0 Å². The van der Waals surface area contributed by atoms with Crippen molar-refractivity contribution in [2.45, 2.75) is 0 Å². The highest BCUT2D eigenvalue weighted by molar-refractivity contribution is 5.65. The van der Waals surface area contributed by atoms with Crippen LogP contribution in [-0.4, -0.2) is 58.7 Å². The van der Waals surface area contributed by atoms with Crippen LogP contribution in [0.3, 0.4) is 0 Å². The summed E-state index contributed by atoms with van der Waals surface area (Å²) < 4.78 is 1.78. The Hall–Kier alpha value is -2.47. The van der Waals surface area contributed by atoms with Gasteiger partial charge in [-0.2, -0.15) is 14.6 Å². The Labute approximate surface area is 130 Å². The summed E-state index contributed by atoms with van der Waals surface area (Å²) in [5.74, 6) is 1.61. The van der Waals surface area contributed by atoms with Crippen LogP contribution < -0.4 is 4.90 Å². The highest BCUT2D eigenvalue weighted by atomic mass is 15.4. The van der Waals surface area contributed by atoms with Crippen LogP contribution in [-0.2, 0) is 0 Å². The second kappa shape index (κ2) is 6.11. The first-order chi connectivity index (χ1) is 10.6. The topological polar surface area (TPSA) is 49.6 Å². The number of hydrogen-bond donors (Lipinski definition) is 0. The van der Waals surface area contributed by atoms with Gasteiger partial charge in [-0.1, -0.05) is 30.3 Å². The maximum atomic E-state index is 4.60. The van der Waals surface area contributed by atoms with Crippen LogP contribution in [0.15, 0.2) is 42.7 Å². The Bertz CT molecular complexity index is 750. The van der Waals surface area contributed by atoms with Gasteiger partial charge in [-0.25, -0.2) is 4.98 Å². The molecule has 0 fully saturated rings. The largest absolute Gasteiger partial charge is 0.358 e. The lowest BCUT2D eigenvalue weighted by Crippen LogP contribution is -2.30. The summed E-state index contributed by atoms with van der Waals surface area (Å²) in [5, 5.41) is 4.29. The van der Waals surface area contributed by atoms with Gasteiger partial charge in [0.2, 0.25) is 0 Å². The predicted octanol–water partition coefficient (Wildman–Crippen LogP) is 1.79. The fourth-order valence-electron chi connectivity index (χ4n) is 2.29. The summed E-state index contributed by atoms with van der Waals surface area (Å²) in [6.07, 6.45) is 1.54. The van der Waals surface area contributed by atoms with Gasteiger partial charge in [-0.05, 0) is 14.1 Å². The number of likely N-dealkylation sites (N-methyl/N-ethyl adjacent to an activating group) is 2. The molecule has 2 heterocycles. The van der Waals surface area contributed by atoms with Crippen molar-refractivity contribution in [2.75, 3.05) is 39.1 Å².